The molecule has 3 rings (SSSR count). The third-order valence-electron chi connectivity index (χ3n) is 4.32. The van der Waals surface area contributed by atoms with E-state index in [0.29, 0.717) is 47.4 Å². The summed E-state index contributed by atoms with van der Waals surface area (Å²) in [5, 5.41) is 11.9. The number of hydrogen-bond acceptors (Lipinski definition) is 5. The minimum Gasteiger partial charge on any atom is -0.478 e. The Bertz CT molecular complexity index is 896. The van der Waals surface area contributed by atoms with Crippen molar-refractivity contribution < 1.29 is 28.6 Å². The molecular weight excluding hydrogens is 338 g/mol. The molecule has 7 heteroatoms. The number of furan rings is 1. The maximum absolute atomic E-state index is 12.6. The number of rotatable bonds is 5. The highest BCUT2D eigenvalue weighted by Crippen LogP contribution is 2.30. The van der Waals surface area contributed by atoms with Crippen molar-refractivity contribution in [1.29, 1.82) is 0 Å². The van der Waals surface area contributed by atoms with Crippen molar-refractivity contribution in [2.45, 2.75) is 32.8 Å². The van der Waals surface area contributed by atoms with Crippen LogP contribution in [0, 0.1) is 6.92 Å². The Morgan fingerprint density at radius 3 is 2.69 bits per heavy atom. The number of carbonyl (C=O) groups is 3. The summed E-state index contributed by atoms with van der Waals surface area (Å²) >= 11 is 0. The monoisotopic (exact) mass is 357 g/mol. The van der Waals surface area contributed by atoms with Crippen LogP contribution < -0.4 is 5.32 Å². The Morgan fingerprint density at radius 1 is 1.27 bits per heavy atom. The van der Waals surface area contributed by atoms with Gasteiger partial charge in [-0.15, -0.1) is 0 Å². The van der Waals surface area contributed by atoms with Gasteiger partial charge in [0.05, 0.1) is 17.7 Å². The number of amides is 1. The molecule has 1 aromatic heterocycles. The minimum absolute atomic E-state index is 0.0122. The first-order valence-corrected chi connectivity index (χ1v) is 8.23. The van der Waals surface area contributed by atoms with Crippen LogP contribution >= 0.6 is 0 Å². The minimum atomic E-state index is -1.10. The Morgan fingerprint density at radius 2 is 2.04 bits per heavy atom. The van der Waals surface area contributed by atoms with Crippen molar-refractivity contribution in [3.8, 4) is 0 Å². The van der Waals surface area contributed by atoms with Gasteiger partial charge >= 0.3 is 5.97 Å². The Labute approximate surface area is 150 Å². The van der Waals surface area contributed by atoms with E-state index in [9.17, 15) is 19.5 Å². The molecule has 0 aliphatic heterocycles. The number of carbonyl (C=O) groups excluding carboxylic acids is 2. The van der Waals surface area contributed by atoms with E-state index in [1.807, 2.05) is 0 Å². The van der Waals surface area contributed by atoms with Gasteiger partial charge in [-0.1, -0.05) is 0 Å². The number of anilines is 1. The summed E-state index contributed by atoms with van der Waals surface area (Å²) in [6.45, 7) is 1.90. The second kappa shape index (κ2) is 7.13. The molecule has 0 saturated carbocycles. The first kappa shape index (κ1) is 17.9. The fourth-order valence-corrected chi connectivity index (χ4v) is 3.19. The predicted octanol–water partition coefficient (Wildman–Crippen LogP) is 3.20. The summed E-state index contributed by atoms with van der Waals surface area (Å²) in [7, 11) is 1.50. The predicted molar refractivity (Wildman–Crippen MR) is 92.8 cm³/mol. The standard InChI is InChI=1S/C19H19NO6/c1-10-16-14(21)4-3-5-15(16)26-17(10)18(22)20-13-7-11(9-25-2)6-12(8-13)19(23)24/h6-8H,3-5,9H2,1-2H3,(H,20,22)(H,23,24). The third-order valence-corrected chi connectivity index (χ3v) is 4.32. The largest absolute Gasteiger partial charge is 0.478 e. The summed E-state index contributed by atoms with van der Waals surface area (Å²) in [5.74, 6) is -1.01. The molecule has 0 bridgehead atoms. The molecule has 2 N–H and O–H groups in total. The van der Waals surface area contributed by atoms with Crippen molar-refractivity contribution in [2.75, 3.05) is 12.4 Å². The molecule has 1 aliphatic carbocycles. The van der Waals surface area contributed by atoms with Gasteiger partial charge in [0.1, 0.15) is 5.76 Å². The SMILES string of the molecule is COCc1cc(NC(=O)c2oc3c(c2C)C(=O)CCC3)cc(C(=O)O)c1. The summed E-state index contributed by atoms with van der Waals surface area (Å²) < 4.78 is 10.7. The second-order valence-corrected chi connectivity index (χ2v) is 6.24. The van der Waals surface area contributed by atoms with Crippen LogP contribution in [0.15, 0.2) is 22.6 Å². The van der Waals surface area contributed by atoms with Crippen molar-refractivity contribution >= 4 is 23.3 Å². The summed E-state index contributed by atoms with van der Waals surface area (Å²) in [5.41, 5.74) is 2.00. The molecule has 1 amide bonds. The number of methoxy groups -OCH3 is 1. The Kier molecular flexibility index (Phi) is 4.90. The van der Waals surface area contributed by atoms with Crippen molar-refractivity contribution in [1.82, 2.24) is 0 Å². The molecule has 0 atom stereocenters. The van der Waals surface area contributed by atoms with E-state index in [4.69, 9.17) is 9.15 Å². The average Bonchev–Trinajstić information content (AvgIpc) is 2.93. The molecule has 0 fully saturated rings. The van der Waals surface area contributed by atoms with Gasteiger partial charge in [0.2, 0.25) is 0 Å². The number of ketones is 1. The van der Waals surface area contributed by atoms with Crippen molar-refractivity contribution in [3.05, 3.63) is 52.0 Å². The number of carboxylic acid groups (broad SMARTS) is 1. The molecule has 2 aromatic rings. The lowest BCUT2D eigenvalue weighted by molar-refractivity contribution is 0.0696. The van der Waals surface area contributed by atoms with Gasteiger partial charge in [-0.3, -0.25) is 9.59 Å². The Balaban J connectivity index is 1.91. The molecular formula is C19H19NO6. The van der Waals surface area contributed by atoms with E-state index in [-0.39, 0.29) is 23.7 Å². The number of fused-ring (bicyclic) bond motifs is 1. The lowest BCUT2D eigenvalue weighted by Crippen LogP contribution is -2.14. The summed E-state index contributed by atoms with van der Waals surface area (Å²) in [6.07, 6.45) is 1.79. The van der Waals surface area contributed by atoms with Crippen LogP contribution in [0.5, 0.6) is 0 Å². The molecule has 0 saturated heterocycles. The van der Waals surface area contributed by atoms with Gasteiger partial charge in [0.25, 0.3) is 5.91 Å². The molecule has 0 spiro atoms. The number of carboxylic acids is 1. The van der Waals surface area contributed by atoms with E-state index in [2.05, 4.69) is 5.32 Å². The normalized spacial score (nSPS) is 13.4. The zero-order chi connectivity index (χ0) is 18.8. The van der Waals surface area contributed by atoms with Gasteiger partial charge < -0.3 is 19.6 Å². The lowest BCUT2D eigenvalue weighted by atomic mass is 9.94. The highest BCUT2D eigenvalue weighted by molar-refractivity contribution is 6.07. The molecule has 7 nitrogen and oxygen atoms in total. The topological polar surface area (TPSA) is 106 Å². The average molecular weight is 357 g/mol. The van der Waals surface area contributed by atoms with Gasteiger partial charge in [0.15, 0.2) is 11.5 Å². The number of nitrogens with one attached hydrogen (secondary N) is 1. The van der Waals surface area contributed by atoms with Crippen molar-refractivity contribution in [2.24, 2.45) is 0 Å². The molecule has 26 heavy (non-hydrogen) atoms. The number of Topliss-reactive ketones (excluding diaryl/α,β-unsaturated/α-hetero) is 1. The number of benzene rings is 1. The first-order chi connectivity index (χ1) is 12.4. The number of aromatic carboxylic acids is 1. The molecule has 0 unspecified atom stereocenters. The van der Waals surface area contributed by atoms with Crippen LogP contribution in [0.4, 0.5) is 5.69 Å². The summed E-state index contributed by atoms with van der Waals surface area (Å²) in [6, 6.07) is 4.48. The maximum Gasteiger partial charge on any atom is 0.335 e. The number of aryl methyl sites for hydroxylation is 1. The summed E-state index contributed by atoms with van der Waals surface area (Å²) in [4.78, 5) is 36.0. The fraction of sp³-hybridized carbons (Fsp3) is 0.316. The van der Waals surface area contributed by atoms with Crippen LogP contribution in [0.2, 0.25) is 0 Å². The van der Waals surface area contributed by atoms with Crippen LogP contribution in [0.1, 0.15) is 61.0 Å². The van der Waals surface area contributed by atoms with Crippen LogP contribution in [-0.4, -0.2) is 29.9 Å². The zero-order valence-electron chi connectivity index (χ0n) is 14.5. The van der Waals surface area contributed by atoms with E-state index < -0.39 is 11.9 Å². The van der Waals surface area contributed by atoms with E-state index in [1.165, 1.54) is 19.2 Å². The highest BCUT2D eigenvalue weighted by atomic mass is 16.5. The Hall–Kier alpha value is -2.93. The molecule has 1 heterocycles. The van der Waals surface area contributed by atoms with E-state index in [0.717, 1.165) is 0 Å². The van der Waals surface area contributed by atoms with Gasteiger partial charge in [0, 0.05) is 31.2 Å². The number of ether oxygens (including phenoxy) is 1. The molecule has 0 radical (unpaired) electrons. The number of hydrogen-bond donors (Lipinski definition) is 2. The van der Waals surface area contributed by atoms with E-state index >= 15 is 0 Å². The zero-order valence-corrected chi connectivity index (χ0v) is 14.5. The molecule has 136 valence electrons. The van der Waals surface area contributed by atoms with Gasteiger partial charge in [-0.2, -0.15) is 0 Å². The van der Waals surface area contributed by atoms with Crippen LogP contribution in [-0.2, 0) is 17.8 Å². The highest BCUT2D eigenvalue weighted by Gasteiger charge is 2.28. The molecule has 1 aliphatic rings. The first-order valence-electron chi connectivity index (χ1n) is 8.23. The maximum atomic E-state index is 12.6. The molecule has 1 aromatic carbocycles. The second-order valence-electron chi connectivity index (χ2n) is 6.24. The van der Waals surface area contributed by atoms with Crippen molar-refractivity contribution in [3.63, 3.8) is 0 Å². The van der Waals surface area contributed by atoms with Gasteiger partial charge in [-0.25, -0.2) is 4.79 Å². The smallest absolute Gasteiger partial charge is 0.335 e. The van der Waals surface area contributed by atoms with E-state index in [1.54, 1.807) is 13.0 Å². The quantitative estimate of drug-likeness (QED) is 0.851. The fourth-order valence-electron chi connectivity index (χ4n) is 3.19. The van der Waals surface area contributed by atoms with Crippen LogP contribution in [0.25, 0.3) is 0 Å². The van der Waals surface area contributed by atoms with Crippen LogP contribution in [0.3, 0.4) is 0 Å². The lowest BCUT2D eigenvalue weighted by Gasteiger charge is -2.09. The third kappa shape index (κ3) is 3.39. The van der Waals surface area contributed by atoms with Gasteiger partial charge in [-0.05, 0) is 37.1 Å².